The number of hydrogen-bond donors (Lipinski definition) is 2. The van der Waals surface area contributed by atoms with Gasteiger partial charge in [-0.3, -0.25) is 4.79 Å². The zero-order valence-corrected chi connectivity index (χ0v) is 13.4. The smallest absolute Gasteiger partial charge is 0.222 e. The van der Waals surface area contributed by atoms with Gasteiger partial charge in [0.1, 0.15) is 0 Å². The van der Waals surface area contributed by atoms with E-state index in [9.17, 15) is 4.79 Å². The van der Waals surface area contributed by atoms with Crippen molar-refractivity contribution in [2.45, 2.75) is 38.0 Å². The van der Waals surface area contributed by atoms with E-state index in [2.05, 4.69) is 24.3 Å². The minimum atomic E-state index is 0.282. The van der Waals surface area contributed by atoms with Gasteiger partial charge in [0.15, 0.2) is 0 Å². The minimum Gasteiger partial charge on any atom is -0.342 e. The molecule has 2 atom stereocenters. The van der Waals surface area contributed by atoms with Crippen LogP contribution in [0.5, 0.6) is 0 Å². The molecule has 22 heavy (non-hydrogen) atoms. The van der Waals surface area contributed by atoms with Crippen LogP contribution in [-0.2, 0) is 4.79 Å². The second-order valence-electron chi connectivity index (χ2n) is 6.26. The van der Waals surface area contributed by atoms with Crippen molar-refractivity contribution in [2.24, 2.45) is 17.4 Å². The maximum absolute atomic E-state index is 12.4. The molecule has 1 amide bonds. The molecule has 2 rings (SSSR count). The topological polar surface area (TPSA) is 72.4 Å². The van der Waals surface area contributed by atoms with Crippen LogP contribution in [0.4, 0.5) is 0 Å². The Kier molecular flexibility index (Phi) is 6.87. The normalized spacial score (nSPS) is 21.3. The first-order chi connectivity index (χ1) is 10.8. The maximum Gasteiger partial charge on any atom is 0.222 e. The van der Waals surface area contributed by atoms with Gasteiger partial charge in [0.25, 0.3) is 0 Å². The van der Waals surface area contributed by atoms with Crippen molar-refractivity contribution in [1.29, 1.82) is 0 Å². The summed E-state index contributed by atoms with van der Waals surface area (Å²) >= 11 is 0. The second kappa shape index (κ2) is 8.91. The quantitative estimate of drug-likeness (QED) is 0.722. The third-order valence-electron chi connectivity index (χ3n) is 4.67. The van der Waals surface area contributed by atoms with Crippen LogP contribution in [0.1, 0.15) is 43.6 Å². The van der Waals surface area contributed by atoms with Gasteiger partial charge in [-0.1, -0.05) is 43.2 Å². The molecular weight excluding hydrogens is 274 g/mol. The summed E-state index contributed by atoms with van der Waals surface area (Å²) in [6.45, 7) is 3.00. The largest absolute Gasteiger partial charge is 0.342 e. The first-order valence-electron chi connectivity index (χ1n) is 8.49. The van der Waals surface area contributed by atoms with E-state index in [0.717, 1.165) is 45.3 Å². The molecule has 0 spiro atoms. The molecule has 1 aliphatic rings. The number of nitrogens with two attached hydrogens (primary N) is 2. The SMILES string of the molecule is NCCCCCCC(=O)N1C[C@@H](CN)[C@H](c2ccccc2)C1. The van der Waals surface area contributed by atoms with Crippen molar-refractivity contribution >= 4 is 5.91 Å². The van der Waals surface area contributed by atoms with Gasteiger partial charge in [-0.05, 0) is 37.4 Å². The molecule has 0 aromatic heterocycles. The first-order valence-corrected chi connectivity index (χ1v) is 8.49. The van der Waals surface area contributed by atoms with Gasteiger partial charge >= 0.3 is 0 Å². The number of amides is 1. The summed E-state index contributed by atoms with van der Waals surface area (Å²) in [5.41, 5.74) is 12.7. The highest BCUT2D eigenvalue weighted by Gasteiger charge is 2.34. The number of carbonyl (C=O) groups excluding carboxylic acids is 1. The summed E-state index contributed by atoms with van der Waals surface area (Å²) < 4.78 is 0. The molecule has 4 nitrogen and oxygen atoms in total. The van der Waals surface area contributed by atoms with Crippen molar-refractivity contribution in [3.8, 4) is 0 Å². The molecule has 4 heteroatoms. The highest BCUT2D eigenvalue weighted by atomic mass is 16.2. The summed E-state index contributed by atoms with van der Waals surface area (Å²) in [5.74, 6) is 1.04. The summed E-state index contributed by atoms with van der Waals surface area (Å²) in [4.78, 5) is 14.4. The Morgan fingerprint density at radius 3 is 2.45 bits per heavy atom. The van der Waals surface area contributed by atoms with Gasteiger partial charge in [0.05, 0.1) is 0 Å². The summed E-state index contributed by atoms with van der Waals surface area (Å²) in [6, 6.07) is 10.4. The van der Waals surface area contributed by atoms with E-state index in [1.54, 1.807) is 0 Å². The standard InChI is InChI=1S/C18H29N3O/c19-11-7-2-1-6-10-18(22)21-13-16(12-20)17(14-21)15-8-4-3-5-9-15/h3-5,8-9,16-17H,1-2,6-7,10-14,19-20H2/t16-,17+/m1/s1. The zero-order chi connectivity index (χ0) is 15.8. The number of unbranched alkanes of at least 4 members (excludes halogenated alkanes) is 3. The molecule has 1 heterocycles. The Balaban J connectivity index is 1.84. The third-order valence-corrected chi connectivity index (χ3v) is 4.67. The molecule has 0 aliphatic carbocycles. The molecular formula is C18H29N3O. The van der Waals surface area contributed by atoms with Gasteiger partial charge in [0, 0.05) is 25.4 Å². The van der Waals surface area contributed by atoms with E-state index in [1.165, 1.54) is 5.56 Å². The van der Waals surface area contributed by atoms with Crippen LogP contribution in [0.15, 0.2) is 30.3 Å². The molecule has 0 radical (unpaired) electrons. The maximum atomic E-state index is 12.4. The lowest BCUT2D eigenvalue weighted by Gasteiger charge is -2.17. The van der Waals surface area contributed by atoms with Gasteiger partial charge in [-0.2, -0.15) is 0 Å². The van der Waals surface area contributed by atoms with Crippen molar-refractivity contribution in [2.75, 3.05) is 26.2 Å². The number of hydrogen-bond acceptors (Lipinski definition) is 3. The molecule has 0 saturated carbocycles. The van der Waals surface area contributed by atoms with Crippen molar-refractivity contribution < 1.29 is 4.79 Å². The highest BCUT2D eigenvalue weighted by molar-refractivity contribution is 5.76. The lowest BCUT2D eigenvalue weighted by molar-refractivity contribution is -0.130. The lowest BCUT2D eigenvalue weighted by Crippen LogP contribution is -2.29. The molecule has 4 N–H and O–H groups in total. The Hall–Kier alpha value is -1.39. The fraction of sp³-hybridized carbons (Fsp3) is 0.611. The Labute approximate surface area is 133 Å². The molecule has 122 valence electrons. The van der Waals surface area contributed by atoms with Gasteiger partial charge < -0.3 is 16.4 Å². The number of nitrogens with zero attached hydrogens (tertiary/aromatic N) is 1. The fourth-order valence-corrected chi connectivity index (χ4v) is 3.32. The van der Waals surface area contributed by atoms with Crippen molar-refractivity contribution in [3.63, 3.8) is 0 Å². The van der Waals surface area contributed by atoms with Crippen LogP contribution in [-0.4, -0.2) is 37.0 Å². The summed E-state index contributed by atoms with van der Waals surface area (Å²) in [5, 5.41) is 0. The molecule has 1 aromatic rings. The van der Waals surface area contributed by atoms with Crippen LogP contribution in [0, 0.1) is 5.92 Å². The van der Waals surface area contributed by atoms with Crippen LogP contribution in [0.2, 0.25) is 0 Å². The predicted octanol–water partition coefficient (Wildman–Crippen LogP) is 2.10. The monoisotopic (exact) mass is 303 g/mol. The van der Waals surface area contributed by atoms with Crippen molar-refractivity contribution in [3.05, 3.63) is 35.9 Å². The summed E-state index contributed by atoms with van der Waals surface area (Å²) in [7, 11) is 0. The van der Waals surface area contributed by atoms with Crippen molar-refractivity contribution in [1.82, 2.24) is 4.90 Å². The third kappa shape index (κ3) is 4.55. The molecule has 1 saturated heterocycles. The molecule has 1 aromatic carbocycles. The Bertz CT molecular complexity index is 449. The number of carbonyl (C=O) groups is 1. The zero-order valence-electron chi connectivity index (χ0n) is 13.4. The van der Waals surface area contributed by atoms with Gasteiger partial charge in [-0.25, -0.2) is 0 Å². The first kappa shape index (κ1) is 17.0. The van der Waals surface area contributed by atoms with E-state index in [0.29, 0.717) is 24.8 Å². The van der Waals surface area contributed by atoms with E-state index in [4.69, 9.17) is 11.5 Å². The molecule has 0 bridgehead atoms. The van der Waals surface area contributed by atoms with Crippen LogP contribution >= 0.6 is 0 Å². The number of rotatable bonds is 8. The fourth-order valence-electron chi connectivity index (χ4n) is 3.32. The van der Waals surface area contributed by atoms with E-state index in [-0.39, 0.29) is 5.91 Å². The van der Waals surface area contributed by atoms with Gasteiger partial charge in [0.2, 0.25) is 5.91 Å². The van der Waals surface area contributed by atoms with Crippen LogP contribution in [0.3, 0.4) is 0 Å². The minimum absolute atomic E-state index is 0.282. The Morgan fingerprint density at radius 1 is 1.05 bits per heavy atom. The van der Waals surface area contributed by atoms with Crippen LogP contribution < -0.4 is 11.5 Å². The van der Waals surface area contributed by atoms with Crippen LogP contribution in [0.25, 0.3) is 0 Å². The second-order valence-corrected chi connectivity index (χ2v) is 6.26. The van der Waals surface area contributed by atoms with Gasteiger partial charge in [-0.15, -0.1) is 0 Å². The Morgan fingerprint density at radius 2 is 1.77 bits per heavy atom. The molecule has 0 unspecified atom stereocenters. The number of benzene rings is 1. The van der Waals surface area contributed by atoms with E-state index >= 15 is 0 Å². The predicted molar refractivity (Wildman–Crippen MR) is 90.4 cm³/mol. The van der Waals surface area contributed by atoms with E-state index < -0.39 is 0 Å². The lowest BCUT2D eigenvalue weighted by atomic mass is 9.89. The summed E-state index contributed by atoms with van der Waals surface area (Å²) in [6.07, 6.45) is 4.91. The highest BCUT2D eigenvalue weighted by Crippen LogP contribution is 2.32. The molecule has 1 aliphatic heterocycles. The average molecular weight is 303 g/mol. The van der Waals surface area contributed by atoms with E-state index in [1.807, 2.05) is 11.0 Å². The number of likely N-dealkylation sites (tertiary alicyclic amines) is 1. The average Bonchev–Trinajstić information content (AvgIpc) is 3.00. The molecule has 1 fully saturated rings.